The van der Waals surface area contributed by atoms with Crippen molar-refractivity contribution >= 4 is 33.0 Å². The average molecular weight is 417 g/mol. The minimum atomic E-state index is -3.81. The molecule has 0 saturated heterocycles. The molecule has 1 aromatic heterocycles. The number of hydrogen-bond acceptors (Lipinski definition) is 6. The molecule has 28 heavy (non-hydrogen) atoms. The molecule has 2 aromatic carbocycles. The molecule has 1 heterocycles. The number of ether oxygens (including phenoxy) is 1. The zero-order chi connectivity index (χ0) is 20.3. The zero-order valence-electron chi connectivity index (χ0n) is 15.7. The number of aryl methyl sites for hydroxylation is 2. The van der Waals surface area contributed by atoms with E-state index in [1.807, 2.05) is 31.4 Å². The topological polar surface area (TPSA) is 76.6 Å². The summed E-state index contributed by atoms with van der Waals surface area (Å²) in [5, 5.41) is 2.71. The lowest BCUT2D eigenvalue weighted by molar-refractivity contribution is 0.0468. The Morgan fingerprint density at radius 3 is 2.50 bits per heavy atom. The van der Waals surface area contributed by atoms with Gasteiger partial charge in [0.2, 0.25) is 0 Å². The number of thiazole rings is 1. The smallest absolute Gasteiger partial charge is 0.338 e. The van der Waals surface area contributed by atoms with Gasteiger partial charge >= 0.3 is 5.97 Å². The molecular formula is C20H20N2O4S2. The van der Waals surface area contributed by atoms with Crippen LogP contribution < -0.4 is 4.31 Å². The molecule has 0 N–H and O–H groups in total. The van der Waals surface area contributed by atoms with Crippen LogP contribution in [0.2, 0.25) is 0 Å². The second-order valence-corrected chi connectivity index (χ2v) is 9.30. The SMILES string of the molecule is Cc1ccc(N(C)S(=O)(=O)c2cccc(C(=O)OCc3csc(C)n3)c2)cc1. The Balaban J connectivity index is 1.79. The van der Waals surface area contributed by atoms with Crippen LogP contribution in [-0.2, 0) is 21.4 Å². The highest BCUT2D eigenvalue weighted by Crippen LogP contribution is 2.23. The van der Waals surface area contributed by atoms with Gasteiger partial charge in [0.25, 0.3) is 10.0 Å². The third-order valence-electron chi connectivity index (χ3n) is 4.14. The molecular weight excluding hydrogens is 396 g/mol. The number of sulfonamides is 1. The van der Waals surface area contributed by atoms with Gasteiger partial charge in [-0.3, -0.25) is 4.31 Å². The number of anilines is 1. The van der Waals surface area contributed by atoms with Gasteiger partial charge in [0.15, 0.2) is 0 Å². The number of carbonyl (C=O) groups excluding carboxylic acids is 1. The molecule has 0 radical (unpaired) electrons. The van der Waals surface area contributed by atoms with Gasteiger partial charge in [0.1, 0.15) is 6.61 Å². The van der Waals surface area contributed by atoms with Crippen molar-refractivity contribution < 1.29 is 17.9 Å². The molecule has 0 aliphatic rings. The standard InChI is InChI=1S/C20H20N2O4S2/c1-14-7-9-18(10-8-14)22(3)28(24,25)19-6-4-5-16(11-19)20(23)26-12-17-13-27-15(2)21-17/h4-11,13H,12H2,1-3H3. The molecule has 3 aromatic rings. The molecule has 146 valence electrons. The van der Waals surface area contributed by atoms with Crippen LogP contribution in [0.1, 0.15) is 26.6 Å². The van der Waals surface area contributed by atoms with Crippen molar-refractivity contribution in [1.29, 1.82) is 0 Å². The maximum Gasteiger partial charge on any atom is 0.338 e. The first-order valence-electron chi connectivity index (χ1n) is 8.51. The quantitative estimate of drug-likeness (QED) is 0.569. The minimum absolute atomic E-state index is 0.0227. The summed E-state index contributed by atoms with van der Waals surface area (Å²) in [6.45, 7) is 3.85. The van der Waals surface area contributed by atoms with E-state index in [0.717, 1.165) is 10.6 Å². The fourth-order valence-electron chi connectivity index (χ4n) is 2.53. The monoisotopic (exact) mass is 416 g/mol. The summed E-state index contributed by atoms with van der Waals surface area (Å²) in [7, 11) is -2.33. The van der Waals surface area contributed by atoms with Gasteiger partial charge in [-0.25, -0.2) is 18.2 Å². The van der Waals surface area contributed by atoms with E-state index >= 15 is 0 Å². The van der Waals surface area contributed by atoms with E-state index in [2.05, 4.69) is 4.98 Å². The van der Waals surface area contributed by atoms with Crippen molar-refractivity contribution in [2.75, 3.05) is 11.4 Å². The Labute approximate surface area is 168 Å². The second-order valence-electron chi connectivity index (χ2n) is 6.27. The zero-order valence-corrected chi connectivity index (χ0v) is 17.4. The van der Waals surface area contributed by atoms with Gasteiger partial charge in [-0.05, 0) is 44.2 Å². The molecule has 6 nitrogen and oxygen atoms in total. The molecule has 0 aliphatic heterocycles. The maximum absolute atomic E-state index is 12.9. The Bertz CT molecular complexity index is 1090. The molecule has 0 amide bonds. The van der Waals surface area contributed by atoms with Crippen molar-refractivity contribution in [3.8, 4) is 0 Å². The first-order valence-corrected chi connectivity index (χ1v) is 10.8. The van der Waals surface area contributed by atoms with Gasteiger partial charge < -0.3 is 4.74 Å². The van der Waals surface area contributed by atoms with E-state index in [4.69, 9.17) is 4.74 Å². The van der Waals surface area contributed by atoms with E-state index in [9.17, 15) is 13.2 Å². The summed E-state index contributed by atoms with van der Waals surface area (Å²) in [5.41, 5.74) is 2.41. The first kappa shape index (κ1) is 20.0. The normalized spacial score (nSPS) is 11.2. The maximum atomic E-state index is 12.9. The molecule has 0 fully saturated rings. The van der Waals surface area contributed by atoms with Gasteiger partial charge in [0, 0.05) is 12.4 Å². The summed E-state index contributed by atoms with van der Waals surface area (Å²) >= 11 is 1.47. The first-order chi connectivity index (χ1) is 13.3. The van der Waals surface area contributed by atoms with Gasteiger partial charge in [-0.2, -0.15) is 0 Å². The molecule has 0 atom stereocenters. The number of nitrogens with zero attached hydrogens (tertiary/aromatic N) is 2. The predicted octanol–water partition coefficient (Wildman–Crippen LogP) is 3.94. The molecule has 0 unspecified atom stereocenters. The van der Waals surface area contributed by atoms with Gasteiger partial charge in [0.05, 0.1) is 26.8 Å². The largest absolute Gasteiger partial charge is 0.456 e. The van der Waals surface area contributed by atoms with E-state index in [0.29, 0.717) is 11.4 Å². The van der Waals surface area contributed by atoms with Crippen molar-refractivity contribution in [1.82, 2.24) is 4.98 Å². The summed E-state index contributed by atoms with van der Waals surface area (Å²) < 4.78 is 32.3. The predicted molar refractivity (Wildman–Crippen MR) is 109 cm³/mol. The van der Waals surface area contributed by atoms with Crippen molar-refractivity contribution in [3.63, 3.8) is 0 Å². The van der Waals surface area contributed by atoms with Crippen LogP contribution in [0.4, 0.5) is 5.69 Å². The summed E-state index contributed by atoms with van der Waals surface area (Å²) in [6, 6.07) is 13.0. The third kappa shape index (κ3) is 4.40. The number of esters is 1. The second kappa shape index (κ2) is 8.12. The Morgan fingerprint density at radius 1 is 1.14 bits per heavy atom. The fraction of sp³-hybridized carbons (Fsp3) is 0.200. The van der Waals surface area contributed by atoms with Crippen LogP contribution >= 0.6 is 11.3 Å². The lowest BCUT2D eigenvalue weighted by Crippen LogP contribution is -2.26. The fourth-order valence-corrected chi connectivity index (χ4v) is 4.37. The van der Waals surface area contributed by atoms with Gasteiger partial charge in [-0.15, -0.1) is 11.3 Å². The number of rotatable bonds is 6. The third-order valence-corrected chi connectivity index (χ3v) is 6.75. The van der Waals surface area contributed by atoms with E-state index in [-0.39, 0.29) is 17.1 Å². The molecule has 3 rings (SSSR count). The highest BCUT2D eigenvalue weighted by molar-refractivity contribution is 7.92. The van der Waals surface area contributed by atoms with Crippen molar-refractivity contribution in [2.24, 2.45) is 0 Å². The van der Waals surface area contributed by atoms with Crippen molar-refractivity contribution in [3.05, 3.63) is 75.7 Å². The molecule has 0 spiro atoms. The molecule has 0 bridgehead atoms. The molecule has 8 heteroatoms. The highest BCUT2D eigenvalue weighted by Gasteiger charge is 2.22. The average Bonchev–Trinajstić information content (AvgIpc) is 3.11. The minimum Gasteiger partial charge on any atom is -0.456 e. The number of benzene rings is 2. The van der Waals surface area contributed by atoms with Crippen LogP contribution in [0.3, 0.4) is 0 Å². The summed E-state index contributed by atoms with van der Waals surface area (Å²) in [5.74, 6) is -0.597. The van der Waals surface area contributed by atoms with E-state index in [1.54, 1.807) is 12.1 Å². The van der Waals surface area contributed by atoms with Crippen LogP contribution in [-0.4, -0.2) is 26.4 Å². The Hall–Kier alpha value is -2.71. The summed E-state index contributed by atoms with van der Waals surface area (Å²) in [6.07, 6.45) is 0. The van der Waals surface area contributed by atoms with Crippen LogP contribution in [0.25, 0.3) is 0 Å². The Morgan fingerprint density at radius 2 is 1.86 bits per heavy atom. The molecule has 0 saturated carbocycles. The number of hydrogen-bond donors (Lipinski definition) is 0. The number of aromatic nitrogens is 1. The van der Waals surface area contributed by atoms with Gasteiger partial charge in [-0.1, -0.05) is 23.8 Å². The lowest BCUT2D eigenvalue weighted by atomic mass is 10.2. The highest BCUT2D eigenvalue weighted by atomic mass is 32.2. The van der Waals surface area contributed by atoms with E-state index in [1.165, 1.54) is 47.0 Å². The van der Waals surface area contributed by atoms with Crippen LogP contribution in [0, 0.1) is 13.8 Å². The summed E-state index contributed by atoms with van der Waals surface area (Å²) in [4.78, 5) is 16.6. The Kier molecular flexibility index (Phi) is 5.81. The van der Waals surface area contributed by atoms with Crippen LogP contribution in [0.5, 0.6) is 0 Å². The number of carbonyl (C=O) groups is 1. The van der Waals surface area contributed by atoms with Crippen molar-refractivity contribution in [2.45, 2.75) is 25.3 Å². The van der Waals surface area contributed by atoms with E-state index < -0.39 is 16.0 Å². The van der Waals surface area contributed by atoms with Crippen LogP contribution in [0.15, 0.2) is 58.8 Å². The lowest BCUT2D eigenvalue weighted by Gasteiger charge is -2.20. The molecule has 0 aliphatic carbocycles.